The molecule has 0 N–H and O–H groups in total. The molecule has 0 aromatic heterocycles. The van der Waals surface area contributed by atoms with Gasteiger partial charge in [0.15, 0.2) is 12.2 Å². The van der Waals surface area contributed by atoms with Crippen LogP contribution in [0.4, 0.5) is 0 Å². The Morgan fingerprint density at radius 3 is 1.29 bits per heavy atom. The molecular formula is C22H26O6. The first-order chi connectivity index (χ1) is 13.4. The third kappa shape index (κ3) is 6.18. The van der Waals surface area contributed by atoms with Gasteiger partial charge in [-0.3, -0.25) is 0 Å². The van der Waals surface area contributed by atoms with Crippen molar-refractivity contribution >= 4 is 11.9 Å². The Bertz CT molecular complexity index is 699. The summed E-state index contributed by atoms with van der Waals surface area (Å²) in [6, 6.07) is 14.3. The molecule has 2 atom stereocenters. The fourth-order valence-electron chi connectivity index (χ4n) is 2.47. The van der Waals surface area contributed by atoms with Crippen LogP contribution in [0.25, 0.3) is 11.1 Å². The largest absolute Gasteiger partial charge is 0.425 e. The quantitative estimate of drug-likeness (QED) is 0.479. The van der Waals surface area contributed by atoms with Gasteiger partial charge >= 0.3 is 11.9 Å². The van der Waals surface area contributed by atoms with Crippen molar-refractivity contribution in [3.8, 4) is 22.6 Å². The summed E-state index contributed by atoms with van der Waals surface area (Å²) in [5, 5.41) is 0. The van der Waals surface area contributed by atoms with E-state index in [1.165, 1.54) is 0 Å². The normalized spacial score (nSPS) is 12.9. The van der Waals surface area contributed by atoms with Crippen LogP contribution in [0.2, 0.25) is 0 Å². The number of hydrogen-bond donors (Lipinski definition) is 0. The SMILES string of the molecule is CCOC(C)C(=O)Oc1ccc(-c2ccc(OC(=O)C(C)OCC)cc2)cc1. The average molecular weight is 386 g/mol. The molecule has 0 fully saturated rings. The molecule has 2 aromatic rings. The number of esters is 2. The summed E-state index contributed by atoms with van der Waals surface area (Å²) in [4.78, 5) is 23.7. The standard InChI is InChI=1S/C22H26O6/c1-5-25-15(3)21(23)27-19-11-7-17(8-12-19)18-9-13-20(14-10-18)28-22(24)16(4)26-6-2/h7-16H,5-6H2,1-4H3. The molecule has 0 aliphatic carbocycles. The van der Waals surface area contributed by atoms with Crippen LogP contribution in [0.3, 0.4) is 0 Å². The number of rotatable bonds is 9. The highest BCUT2D eigenvalue weighted by Crippen LogP contribution is 2.25. The number of ether oxygens (including phenoxy) is 4. The van der Waals surface area contributed by atoms with Crippen LogP contribution in [0.15, 0.2) is 48.5 Å². The van der Waals surface area contributed by atoms with Gasteiger partial charge in [0, 0.05) is 13.2 Å². The lowest BCUT2D eigenvalue weighted by atomic mass is 10.1. The lowest BCUT2D eigenvalue weighted by Gasteiger charge is -2.12. The summed E-state index contributed by atoms with van der Waals surface area (Å²) in [6.07, 6.45) is -1.21. The summed E-state index contributed by atoms with van der Waals surface area (Å²) in [7, 11) is 0. The molecule has 0 bridgehead atoms. The molecule has 0 saturated heterocycles. The first-order valence-corrected chi connectivity index (χ1v) is 9.31. The molecule has 0 saturated carbocycles. The van der Waals surface area contributed by atoms with Crippen LogP contribution in [-0.2, 0) is 19.1 Å². The molecule has 0 spiro atoms. The highest BCUT2D eigenvalue weighted by atomic mass is 16.6. The maximum atomic E-state index is 11.9. The molecule has 2 aromatic carbocycles. The van der Waals surface area contributed by atoms with Crippen LogP contribution in [-0.4, -0.2) is 37.4 Å². The Balaban J connectivity index is 1.98. The monoisotopic (exact) mass is 386 g/mol. The first kappa shape index (κ1) is 21.6. The van der Waals surface area contributed by atoms with E-state index >= 15 is 0 Å². The first-order valence-electron chi connectivity index (χ1n) is 9.31. The smallest absolute Gasteiger partial charge is 0.340 e. The van der Waals surface area contributed by atoms with Crippen LogP contribution in [0.5, 0.6) is 11.5 Å². The van der Waals surface area contributed by atoms with Crippen LogP contribution in [0, 0.1) is 0 Å². The predicted octanol–water partition coefficient (Wildman–Crippen LogP) is 4.01. The maximum absolute atomic E-state index is 11.9. The van der Waals surface area contributed by atoms with Gasteiger partial charge in [0.1, 0.15) is 11.5 Å². The number of carbonyl (C=O) groups excluding carboxylic acids is 2. The van der Waals surface area contributed by atoms with Crippen molar-refractivity contribution in [3.63, 3.8) is 0 Å². The van der Waals surface area contributed by atoms with E-state index in [-0.39, 0.29) is 0 Å². The summed E-state index contributed by atoms with van der Waals surface area (Å²) >= 11 is 0. The molecular weight excluding hydrogens is 360 g/mol. The highest BCUT2D eigenvalue weighted by Gasteiger charge is 2.16. The topological polar surface area (TPSA) is 71.1 Å². The second-order valence-corrected chi connectivity index (χ2v) is 6.09. The zero-order valence-corrected chi connectivity index (χ0v) is 16.6. The van der Waals surface area contributed by atoms with E-state index in [0.717, 1.165) is 11.1 Å². The fourth-order valence-corrected chi connectivity index (χ4v) is 2.47. The van der Waals surface area contributed by atoms with E-state index in [4.69, 9.17) is 18.9 Å². The van der Waals surface area contributed by atoms with Crippen molar-refractivity contribution in [1.29, 1.82) is 0 Å². The van der Waals surface area contributed by atoms with Gasteiger partial charge in [-0.1, -0.05) is 24.3 Å². The minimum Gasteiger partial charge on any atom is -0.425 e. The van der Waals surface area contributed by atoms with Gasteiger partial charge in [0.2, 0.25) is 0 Å². The molecule has 2 unspecified atom stereocenters. The van der Waals surface area contributed by atoms with E-state index in [1.807, 2.05) is 38.1 Å². The van der Waals surface area contributed by atoms with E-state index in [9.17, 15) is 9.59 Å². The van der Waals surface area contributed by atoms with Gasteiger partial charge in [-0.25, -0.2) is 9.59 Å². The van der Waals surface area contributed by atoms with Crippen molar-refractivity contribution in [3.05, 3.63) is 48.5 Å². The summed E-state index contributed by atoms with van der Waals surface area (Å²) in [6.45, 7) is 7.86. The molecule has 150 valence electrons. The van der Waals surface area contributed by atoms with Gasteiger partial charge in [-0.15, -0.1) is 0 Å². The predicted molar refractivity (Wildman–Crippen MR) is 105 cm³/mol. The minimum absolute atomic E-state index is 0.429. The molecule has 0 aliphatic heterocycles. The van der Waals surface area contributed by atoms with Crippen molar-refractivity contribution in [2.75, 3.05) is 13.2 Å². The van der Waals surface area contributed by atoms with Crippen LogP contribution < -0.4 is 9.47 Å². The van der Waals surface area contributed by atoms with E-state index in [0.29, 0.717) is 24.7 Å². The molecule has 2 rings (SSSR count). The van der Waals surface area contributed by atoms with Crippen molar-refractivity contribution in [2.24, 2.45) is 0 Å². The number of benzene rings is 2. The van der Waals surface area contributed by atoms with Gasteiger partial charge < -0.3 is 18.9 Å². The molecule has 0 heterocycles. The lowest BCUT2D eigenvalue weighted by molar-refractivity contribution is -0.146. The Labute approximate surface area is 165 Å². The molecule has 0 radical (unpaired) electrons. The van der Waals surface area contributed by atoms with Gasteiger partial charge in [-0.2, -0.15) is 0 Å². The number of carbonyl (C=O) groups is 2. The molecule has 28 heavy (non-hydrogen) atoms. The summed E-state index contributed by atoms with van der Waals surface area (Å²) in [5.74, 6) is 0.0515. The third-order valence-corrected chi connectivity index (χ3v) is 3.98. The zero-order valence-electron chi connectivity index (χ0n) is 16.6. The van der Waals surface area contributed by atoms with Gasteiger partial charge in [0.05, 0.1) is 0 Å². The average Bonchev–Trinajstić information content (AvgIpc) is 2.69. The molecule has 6 nitrogen and oxygen atoms in total. The van der Waals surface area contributed by atoms with Crippen LogP contribution >= 0.6 is 0 Å². The Morgan fingerprint density at radius 1 is 0.679 bits per heavy atom. The highest BCUT2D eigenvalue weighted by molar-refractivity contribution is 5.78. The Hall–Kier alpha value is -2.70. The zero-order chi connectivity index (χ0) is 20.5. The molecule has 6 heteroatoms. The van der Waals surface area contributed by atoms with Gasteiger partial charge in [0.25, 0.3) is 0 Å². The maximum Gasteiger partial charge on any atom is 0.340 e. The van der Waals surface area contributed by atoms with Gasteiger partial charge in [-0.05, 0) is 63.1 Å². The minimum atomic E-state index is -0.606. The number of hydrogen-bond acceptors (Lipinski definition) is 6. The fraction of sp³-hybridized carbons (Fsp3) is 0.364. The van der Waals surface area contributed by atoms with E-state index in [2.05, 4.69) is 0 Å². The van der Waals surface area contributed by atoms with Crippen LogP contribution in [0.1, 0.15) is 27.7 Å². The third-order valence-electron chi connectivity index (χ3n) is 3.98. The molecule has 0 amide bonds. The summed E-state index contributed by atoms with van der Waals surface area (Å²) in [5.41, 5.74) is 1.89. The second kappa shape index (κ2) is 10.6. The van der Waals surface area contributed by atoms with E-state index in [1.54, 1.807) is 38.1 Å². The lowest BCUT2D eigenvalue weighted by Crippen LogP contribution is -2.25. The molecule has 0 aliphatic rings. The Morgan fingerprint density at radius 2 is 1.00 bits per heavy atom. The van der Waals surface area contributed by atoms with Crippen molar-refractivity contribution < 1.29 is 28.5 Å². The van der Waals surface area contributed by atoms with Crippen molar-refractivity contribution in [1.82, 2.24) is 0 Å². The second-order valence-electron chi connectivity index (χ2n) is 6.09. The van der Waals surface area contributed by atoms with E-state index < -0.39 is 24.1 Å². The summed E-state index contributed by atoms with van der Waals surface area (Å²) < 4.78 is 21.0. The Kier molecular flexibility index (Phi) is 8.17. The van der Waals surface area contributed by atoms with Crippen molar-refractivity contribution in [2.45, 2.75) is 39.9 Å².